The predicted octanol–water partition coefficient (Wildman–Crippen LogP) is 2.88. The molecule has 2 N–H and O–H groups in total. The minimum absolute atomic E-state index is 0.0264. The lowest BCUT2D eigenvalue weighted by Gasteiger charge is -2.19. The number of halogens is 3. The summed E-state index contributed by atoms with van der Waals surface area (Å²) in [5.41, 5.74) is 4.45. The number of nitrogens with zero attached hydrogens (tertiary/aromatic N) is 1. The third-order valence-corrected chi connectivity index (χ3v) is 3.50. The van der Waals surface area contributed by atoms with Crippen molar-refractivity contribution in [2.45, 2.75) is 11.9 Å². The Hall–Kier alpha value is -1.04. The standard InChI is InChI=1S/C11H13F3N2S/c12-11(13,14)17-7-6-16-5-4-8-9(15)2-1-3-10(8)16/h1-3H,4-7,15H2. The molecule has 1 aromatic carbocycles. The van der Waals surface area contributed by atoms with Gasteiger partial charge in [-0.1, -0.05) is 6.07 Å². The van der Waals surface area contributed by atoms with E-state index in [1.165, 1.54) is 0 Å². The largest absolute Gasteiger partial charge is 0.441 e. The van der Waals surface area contributed by atoms with Crippen LogP contribution >= 0.6 is 11.8 Å². The van der Waals surface area contributed by atoms with Crippen molar-refractivity contribution in [1.82, 2.24) is 0 Å². The van der Waals surface area contributed by atoms with Gasteiger partial charge in [0.25, 0.3) is 0 Å². The van der Waals surface area contributed by atoms with Gasteiger partial charge in [0.15, 0.2) is 0 Å². The molecule has 0 spiro atoms. The monoisotopic (exact) mass is 262 g/mol. The number of thioether (sulfide) groups is 1. The number of nitrogen functional groups attached to an aromatic ring is 1. The van der Waals surface area contributed by atoms with Gasteiger partial charge in [-0.2, -0.15) is 13.2 Å². The lowest BCUT2D eigenvalue weighted by molar-refractivity contribution is -0.0327. The van der Waals surface area contributed by atoms with Gasteiger partial charge in [0.1, 0.15) is 0 Å². The van der Waals surface area contributed by atoms with Crippen LogP contribution in [0.25, 0.3) is 0 Å². The number of fused-ring (bicyclic) bond motifs is 1. The molecule has 0 atom stereocenters. The Morgan fingerprint density at radius 3 is 2.82 bits per heavy atom. The highest BCUT2D eigenvalue weighted by Gasteiger charge is 2.28. The smallest absolute Gasteiger partial charge is 0.398 e. The molecule has 0 aromatic heterocycles. The van der Waals surface area contributed by atoms with Crippen LogP contribution in [0.1, 0.15) is 5.56 Å². The zero-order valence-corrected chi connectivity index (χ0v) is 9.94. The number of benzene rings is 1. The fourth-order valence-electron chi connectivity index (χ4n) is 2.03. The van der Waals surface area contributed by atoms with Gasteiger partial charge in [-0.25, -0.2) is 0 Å². The molecule has 0 saturated heterocycles. The number of hydrogen-bond donors (Lipinski definition) is 1. The summed E-state index contributed by atoms with van der Waals surface area (Å²) in [6.45, 7) is 1.16. The van der Waals surface area contributed by atoms with Crippen LogP contribution in [0.2, 0.25) is 0 Å². The molecule has 2 nitrogen and oxygen atoms in total. The van der Waals surface area contributed by atoms with Crippen molar-refractivity contribution in [3.63, 3.8) is 0 Å². The minimum Gasteiger partial charge on any atom is -0.398 e. The first-order valence-corrected chi connectivity index (χ1v) is 6.29. The molecule has 0 bridgehead atoms. The van der Waals surface area contributed by atoms with E-state index in [0.717, 1.165) is 29.9 Å². The van der Waals surface area contributed by atoms with Crippen LogP contribution < -0.4 is 10.6 Å². The summed E-state index contributed by atoms with van der Waals surface area (Å²) in [6, 6.07) is 5.58. The van der Waals surface area contributed by atoms with Crippen LogP contribution in [0.5, 0.6) is 0 Å². The molecule has 1 aromatic rings. The van der Waals surface area contributed by atoms with Gasteiger partial charge in [0.05, 0.1) is 0 Å². The number of hydrogen-bond acceptors (Lipinski definition) is 3. The third-order valence-electron chi connectivity index (χ3n) is 2.79. The third kappa shape index (κ3) is 3.00. The van der Waals surface area contributed by atoms with E-state index in [-0.39, 0.29) is 17.5 Å². The van der Waals surface area contributed by atoms with Crippen LogP contribution in [0.3, 0.4) is 0 Å². The molecule has 6 heteroatoms. The van der Waals surface area contributed by atoms with Crippen LogP contribution in [-0.2, 0) is 6.42 Å². The predicted molar refractivity (Wildman–Crippen MR) is 65.3 cm³/mol. The van der Waals surface area contributed by atoms with Crippen molar-refractivity contribution >= 4 is 23.1 Å². The summed E-state index contributed by atoms with van der Waals surface area (Å²) in [4.78, 5) is 1.96. The Bertz CT molecular complexity index is 406. The van der Waals surface area contributed by atoms with Crippen LogP contribution in [-0.4, -0.2) is 24.4 Å². The molecule has 0 saturated carbocycles. The van der Waals surface area contributed by atoms with E-state index in [1.54, 1.807) is 0 Å². The number of nitrogens with two attached hydrogens (primary N) is 1. The molecule has 1 aliphatic heterocycles. The molecular formula is C11H13F3N2S. The molecule has 0 unspecified atom stereocenters. The molecule has 1 aliphatic rings. The topological polar surface area (TPSA) is 29.3 Å². The average molecular weight is 262 g/mol. The van der Waals surface area contributed by atoms with Gasteiger partial charge >= 0.3 is 5.51 Å². The average Bonchev–Trinajstić information content (AvgIpc) is 2.61. The second-order valence-electron chi connectivity index (χ2n) is 3.88. The van der Waals surface area contributed by atoms with E-state index in [0.29, 0.717) is 6.54 Å². The zero-order valence-electron chi connectivity index (χ0n) is 9.13. The highest BCUT2D eigenvalue weighted by atomic mass is 32.2. The summed E-state index contributed by atoms with van der Waals surface area (Å²) < 4.78 is 36.0. The Kier molecular flexibility index (Phi) is 3.42. The normalized spacial score (nSPS) is 15.1. The van der Waals surface area contributed by atoms with Crippen molar-refractivity contribution in [1.29, 1.82) is 0 Å². The molecule has 0 radical (unpaired) electrons. The lowest BCUT2D eigenvalue weighted by Crippen LogP contribution is -2.24. The fourth-order valence-corrected chi connectivity index (χ4v) is 2.57. The van der Waals surface area contributed by atoms with Crippen molar-refractivity contribution in [3.05, 3.63) is 23.8 Å². The quantitative estimate of drug-likeness (QED) is 0.849. The summed E-state index contributed by atoms with van der Waals surface area (Å²) in [5, 5.41) is 0. The van der Waals surface area contributed by atoms with Gasteiger partial charge in [-0.3, -0.25) is 0 Å². The molecule has 0 fully saturated rings. The Balaban J connectivity index is 1.96. The van der Waals surface area contributed by atoms with Gasteiger partial charge in [0.2, 0.25) is 0 Å². The number of anilines is 2. The fraction of sp³-hybridized carbons (Fsp3) is 0.455. The van der Waals surface area contributed by atoms with Gasteiger partial charge < -0.3 is 10.6 Å². The number of rotatable bonds is 3. The van der Waals surface area contributed by atoms with E-state index >= 15 is 0 Å². The van der Waals surface area contributed by atoms with E-state index < -0.39 is 5.51 Å². The van der Waals surface area contributed by atoms with E-state index in [2.05, 4.69) is 0 Å². The maximum absolute atomic E-state index is 12.0. The van der Waals surface area contributed by atoms with E-state index in [1.807, 2.05) is 23.1 Å². The molecule has 2 rings (SSSR count). The Labute approximate surface area is 102 Å². The van der Waals surface area contributed by atoms with E-state index in [4.69, 9.17) is 5.73 Å². The van der Waals surface area contributed by atoms with Crippen LogP contribution in [0.15, 0.2) is 18.2 Å². The van der Waals surface area contributed by atoms with Crippen LogP contribution in [0, 0.1) is 0 Å². The molecule has 17 heavy (non-hydrogen) atoms. The lowest BCUT2D eigenvalue weighted by atomic mass is 10.1. The highest BCUT2D eigenvalue weighted by molar-refractivity contribution is 8.00. The molecule has 0 amide bonds. The van der Waals surface area contributed by atoms with Gasteiger partial charge in [-0.05, 0) is 30.3 Å². The summed E-state index contributed by atoms with van der Waals surface area (Å²) in [5.74, 6) is 0.0533. The highest BCUT2D eigenvalue weighted by Crippen LogP contribution is 2.34. The second kappa shape index (κ2) is 4.68. The van der Waals surface area contributed by atoms with Gasteiger partial charge in [0, 0.05) is 35.8 Å². The number of alkyl halides is 3. The minimum atomic E-state index is -4.14. The zero-order chi connectivity index (χ0) is 12.5. The van der Waals surface area contributed by atoms with Gasteiger partial charge in [-0.15, -0.1) is 0 Å². The van der Waals surface area contributed by atoms with Crippen molar-refractivity contribution < 1.29 is 13.2 Å². The maximum atomic E-state index is 12.0. The van der Waals surface area contributed by atoms with E-state index in [9.17, 15) is 13.2 Å². The van der Waals surface area contributed by atoms with Crippen molar-refractivity contribution in [2.75, 3.05) is 29.5 Å². The van der Waals surface area contributed by atoms with Crippen LogP contribution in [0.4, 0.5) is 24.5 Å². The molecule has 1 heterocycles. The molecule has 94 valence electrons. The first-order chi connectivity index (χ1) is 7.97. The first kappa shape index (κ1) is 12.4. The summed E-state index contributed by atoms with van der Waals surface area (Å²) >= 11 is 0.0264. The first-order valence-electron chi connectivity index (χ1n) is 5.30. The summed E-state index contributed by atoms with van der Waals surface area (Å²) in [7, 11) is 0. The molecule has 0 aliphatic carbocycles. The maximum Gasteiger partial charge on any atom is 0.441 e. The van der Waals surface area contributed by atoms with Crippen molar-refractivity contribution in [2.24, 2.45) is 0 Å². The summed E-state index contributed by atoms with van der Waals surface area (Å²) in [6.07, 6.45) is 0.818. The van der Waals surface area contributed by atoms with Crippen molar-refractivity contribution in [3.8, 4) is 0 Å². The molecular weight excluding hydrogens is 249 g/mol. The Morgan fingerprint density at radius 1 is 1.35 bits per heavy atom. The SMILES string of the molecule is Nc1cccc2c1CCN2CCSC(F)(F)F. The second-order valence-corrected chi connectivity index (χ2v) is 5.04. The Morgan fingerprint density at radius 2 is 2.12 bits per heavy atom.